The van der Waals surface area contributed by atoms with Crippen LogP contribution in [0.4, 0.5) is 0 Å². The number of carbonyl (C=O) groups excluding carboxylic acids is 1. The Labute approximate surface area is 91.0 Å². The number of rotatable bonds is 3. The van der Waals surface area contributed by atoms with Crippen molar-refractivity contribution in [3.63, 3.8) is 0 Å². The average molecular weight is 206 g/mol. The predicted molar refractivity (Wildman–Crippen MR) is 59.2 cm³/mol. The molecule has 2 heteroatoms. The van der Waals surface area contributed by atoms with Gasteiger partial charge in [-0.05, 0) is 30.1 Å². The van der Waals surface area contributed by atoms with Gasteiger partial charge < -0.3 is 4.74 Å². The molecule has 2 aliphatic carbocycles. The molecule has 1 fully saturated rings. The molecule has 0 amide bonds. The number of hydrogen-bond acceptors (Lipinski definition) is 2. The zero-order chi connectivity index (χ0) is 11.1. The maximum Gasteiger partial charge on any atom is 0.333 e. The zero-order valence-electron chi connectivity index (χ0n) is 9.45. The van der Waals surface area contributed by atoms with Gasteiger partial charge in [-0.2, -0.15) is 0 Å². The van der Waals surface area contributed by atoms with Crippen molar-refractivity contribution in [1.29, 1.82) is 0 Å². The van der Waals surface area contributed by atoms with Gasteiger partial charge in [-0.3, -0.25) is 0 Å². The lowest BCUT2D eigenvalue weighted by Gasteiger charge is -2.10. The second kappa shape index (κ2) is 3.51. The maximum absolute atomic E-state index is 11.6. The summed E-state index contributed by atoms with van der Waals surface area (Å²) in [5.41, 5.74) is 1.29. The molecule has 2 aliphatic rings. The Kier molecular flexibility index (Phi) is 2.45. The summed E-state index contributed by atoms with van der Waals surface area (Å²) < 4.78 is 5.04. The van der Waals surface area contributed by atoms with Gasteiger partial charge in [-0.15, -0.1) is 0 Å². The Morgan fingerprint density at radius 1 is 1.67 bits per heavy atom. The van der Waals surface area contributed by atoms with E-state index in [9.17, 15) is 4.79 Å². The Morgan fingerprint density at radius 2 is 2.40 bits per heavy atom. The van der Waals surface area contributed by atoms with Crippen molar-refractivity contribution in [2.75, 3.05) is 6.61 Å². The maximum atomic E-state index is 11.6. The third-order valence-corrected chi connectivity index (χ3v) is 3.94. The molecule has 2 atom stereocenters. The van der Waals surface area contributed by atoms with Gasteiger partial charge in [-0.1, -0.05) is 32.6 Å². The molecule has 2 nitrogen and oxygen atoms in total. The number of allylic oxidation sites excluding steroid dienone is 1. The van der Waals surface area contributed by atoms with Gasteiger partial charge in [0.1, 0.15) is 6.61 Å². The molecule has 0 aromatic heterocycles. The van der Waals surface area contributed by atoms with Crippen molar-refractivity contribution in [3.8, 4) is 0 Å². The molecule has 0 heterocycles. The van der Waals surface area contributed by atoms with Crippen molar-refractivity contribution >= 4 is 5.97 Å². The number of esters is 1. The molecule has 0 unspecified atom stereocenters. The minimum atomic E-state index is -0.156. The molecule has 0 bridgehead atoms. The van der Waals surface area contributed by atoms with Gasteiger partial charge >= 0.3 is 5.97 Å². The molecular weight excluding hydrogens is 188 g/mol. The van der Waals surface area contributed by atoms with E-state index in [1.165, 1.54) is 0 Å². The highest BCUT2D eigenvalue weighted by atomic mass is 16.5. The van der Waals surface area contributed by atoms with Crippen LogP contribution in [0.1, 0.15) is 26.7 Å². The minimum Gasteiger partial charge on any atom is -0.458 e. The number of hydrogen-bond donors (Lipinski definition) is 0. The number of ether oxygens (including phenoxy) is 1. The summed E-state index contributed by atoms with van der Waals surface area (Å²) in [7, 11) is 0. The Hall–Kier alpha value is -1.05. The van der Waals surface area contributed by atoms with Crippen LogP contribution in [0, 0.1) is 17.3 Å². The van der Waals surface area contributed by atoms with Crippen LogP contribution in [-0.4, -0.2) is 12.6 Å². The van der Waals surface area contributed by atoms with Crippen molar-refractivity contribution in [2.24, 2.45) is 17.3 Å². The first-order valence-electron chi connectivity index (χ1n) is 5.54. The van der Waals surface area contributed by atoms with E-state index in [1.807, 2.05) is 0 Å². The molecular formula is C13H18O2. The monoisotopic (exact) mass is 206 g/mol. The molecule has 0 aromatic rings. The number of fused-ring (bicyclic) bond motifs is 1. The highest BCUT2D eigenvalue weighted by molar-refractivity contribution is 5.88. The van der Waals surface area contributed by atoms with Gasteiger partial charge in [0.25, 0.3) is 0 Å². The molecule has 1 saturated carbocycles. The third kappa shape index (κ3) is 1.73. The quantitative estimate of drug-likeness (QED) is 0.524. The van der Waals surface area contributed by atoms with E-state index < -0.39 is 0 Å². The first-order chi connectivity index (χ1) is 7.07. The molecule has 0 radical (unpaired) electrons. The second-order valence-electron chi connectivity index (χ2n) is 5.09. The standard InChI is InChI=1S/C13H18O2/c1-4-7-15-12(14)9-5-6-10-11(8-9)13(10,2)3/h4-5,10-11H,1,6-8H2,2-3H3/t10-,11+/m1/s1. The average Bonchev–Trinajstić information content (AvgIpc) is 2.78. The smallest absolute Gasteiger partial charge is 0.333 e. The summed E-state index contributed by atoms with van der Waals surface area (Å²) in [5.74, 6) is 1.32. The van der Waals surface area contributed by atoms with E-state index in [2.05, 4.69) is 26.5 Å². The van der Waals surface area contributed by atoms with Crippen LogP contribution in [0.3, 0.4) is 0 Å². The third-order valence-electron chi connectivity index (χ3n) is 3.94. The van der Waals surface area contributed by atoms with E-state index >= 15 is 0 Å². The largest absolute Gasteiger partial charge is 0.458 e. The fourth-order valence-electron chi connectivity index (χ4n) is 2.71. The highest BCUT2D eigenvalue weighted by Gasteiger charge is 2.58. The highest BCUT2D eigenvalue weighted by Crippen LogP contribution is 2.64. The van der Waals surface area contributed by atoms with E-state index in [-0.39, 0.29) is 5.97 Å². The Balaban J connectivity index is 1.94. The van der Waals surface area contributed by atoms with Crippen LogP contribution in [-0.2, 0) is 9.53 Å². The molecule has 0 saturated heterocycles. The van der Waals surface area contributed by atoms with E-state index in [0.717, 1.165) is 24.3 Å². The predicted octanol–water partition coefficient (Wildman–Crippen LogP) is 2.71. The van der Waals surface area contributed by atoms with E-state index in [1.54, 1.807) is 6.08 Å². The van der Waals surface area contributed by atoms with Crippen LogP contribution in [0.2, 0.25) is 0 Å². The van der Waals surface area contributed by atoms with Gasteiger partial charge in [-0.25, -0.2) is 4.79 Å². The topological polar surface area (TPSA) is 26.3 Å². The molecule has 0 aromatic carbocycles. The van der Waals surface area contributed by atoms with E-state index in [4.69, 9.17) is 4.74 Å². The molecule has 15 heavy (non-hydrogen) atoms. The van der Waals surface area contributed by atoms with Crippen LogP contribution >= 0.6 is 0 Å². The summed E-state index contributed by atoms with van der Waals surface area (Å²) in [5, 5.41) is 0. The van der Waals surface area contributed by atoms with Crippen LogP contribution < -0.4 is 0 Å². The van der Waals surface area contributed by atoms with Crippen LogP contribution in [0.15, 0.2) is 24.3 Å². The molecule has 0 spiro atoms. The SMILES string of the molecule is C=CCOC(=O)C1=CC[C@@H]2[C@H](C1)C2(C)C. The normalized spacial score (nSPS) is 31.2. The van der Waals surface area contributed by atoms with Crippen molar-refractivity contribution in [3.05, 3.63) is 24.3 Å². The molecule has 0 N–H and O–H groups in total. The lowest BCUT2D eigenvalue weighted by molar-refractivity contribution is -0.138. The van der Waals surface area contributed by atoms with Gasteiger partial charge in [0, 0.05) is 5.57 Å². The fraction of sp³-hybridized carbons (Fsp3) is 0.615. The lowest BCUT2D eigenvalue weighted by Crippen LogP contribution is -2.11. The first-order valence-corrected chi connectivity index (χ1v) is 5.54. The molecule has 0 aliphatic heterocycles. The van der Waals surface area contributed by atoms with Gasteiger partial charge in [0.2, 0.25) is 0 Å². The minimum absolute atomic E-state index is 0.156. The summed E-state index contributed by atoms with van der Waals surface area (Å²) >= 11 is 0. The first kappa shape index (κ1) is 10.5. The van der Waals surface area contributed by atoms with Crippen LogP contribution in [0.5, 0.6) is 0 Å². The summed E-state index contributed by atoms with van der Waals surface area (Å²) in [4.78, 5) is 11.6. The zero-order valence-corrected chi connectivity index (χ0v) is 9.45. The van der Waals surface area contributed by atoms with Gasteiger partial charge in [0.15, 0.2) is 0 Å². The second-order valence-corrected chi connectivity index (χ2v) is 5.09. The Morgan fingerprint density at radius 3 is 3.00 bits per heavy atom. The van der Waals surface area contributed by atoms with Crippen molar-refractivity contribution < 1.29 is 9.53 Å². The summed E-state index contributed by atoms with van der Waals surface area (Å²) in [6.07, 6.45) is 5.59. The van der Waals surface area contributed by atoms with Crippen LogP contribution in [0.25, 0.3) is 0 Å². The van der Waals surface area contributed by atoms with Crippen molar-refractivity contribution in [2.45, 2.75) is 26.7 Å². The summed E-state index contributed by atoms with van der Waals surface area (Å²) in [6.45, 7) is 8.41. The summed E-state index contributed by atoms with van der Waals surface area (Å²) in [6, 6.07) is 0. The molecule has 2 rings (SSSR count). The lowest BCUT2D eigenvalue weighted by atomic mass is 10.00. The van der Waals surface area contributed by atoms with E-state index in [0.29, 0.717) is 17.9 Å². The van der Waals surface area contributed by atoms with Gasteiger partial charge in [0.05, 0.1) is 0 Å². The van der Waals surface area contributed by atoms with Crippen molar-refractivity contribution in [1.82, 2.24) is 0 Å². The Bertz CT molecular complexity index is 325. The molecule has 82 valence electrons. The number of carbonyl (C=O) groups is 1. The fourth-order valence-corrected chi connectivity index (χ4v) is 2.71.